The van der Waals surface area contributed by atoms with Crippen molar-refractivity contribution in [2.24, 2.45) is 0 Å². The molecule has 78 valence electrons. The summed E-state index contributed by atoms with van der Waals surface area (Å²) in [6.07, 6.45) is 4.22. The van der Waals surface area contributed by atoms with Gasteiger partial charge in [-0.05, 0) is 19.5 Å². The zero-order valence-electron chi connectivity index (χ0n) is 8.18. The van der Waals surface area contributed by atoms with Gasteiger partial charge in [-0.15, -0.1) is 0 Å². The van der Waals surface area contributed by atoms with Gasteiger partial charge in [0.05, 0.1) is 0 Å². The first-order valence-corrected chi connectivity index (χ1v) is 5.53. The predicted molar refractivity (Wildman–Crippen MR) is 57.3 cm³/mol. The van der Waals surface area contributed by atoms with Crippen LogP contribution in [0.25, 0.3) is 0 Å². The summed E-state index contributed by atoms with van der Waals surface area (Å²) < 4.78 is 0. The Kier molecular flexibility index (Phi) is 5.51. The van der Waals surface area contributed by atoms with Gasteiger partial charge >= 0.3 is 0 Å². The van der Waals surface area contributed by atoms with Crippen LogP contribution in [0.15, 0.2) is 23.6 Å². The topological polar surface area (TPSA) is 58.0 Å². The van der Waals surface area contributed by atoms with Crippen LogP contribution in [-0.2, 0) is 0 Å². The lowest BCUT2D eigenvalue weighted by atomic mass is 10.2. The van der Waals surface area contributed by atoms with E-state index in [-0.39, 0.29) is 6.61 Å². The van der Waals surface area contributed by atoms with Crippen LogP contribution in [0, 0.1) is 0 Å². The van der Waals surface area contributed by atoms with Crippen LogP contribution in [0.2, 0.25) is 0 Å². The average Bonchev–Trinajstić information content (AvgIpc) is 2.25. The molecule has 0 aromatic carbocycles. The van der Waals surface area contributed by atoms with E-state index in [0.29, 0.717) is 6.04 Å². The number of aromatic nitrogens is 2. The van der Waals surface area contributed by atoms with Crippen molar-refractivity contribution >= 4 is 11.8 Å². The highest BCUT2D eigenvalue weighted by atomic mass is 32.2. The molecule has 0 bridgehead atoms. The summed E-state index contributed by atoms with van der Waals surface area (Å²) in [7, 11) is 1.90. The van der Waals surface area contributed by atoms with E-state index in [1.54, 1.807) is 30.2 Å². The lowest BCUT2D eigenvalue weighted by Crippen LogP contribution is -2.28. The predicted octanol–water partition coefficient (Wildman–Crippen LogP) is 0.539. The normalized spacial score (nSPS) is 12.7. The van der Waals surface area contributed by atoms with Gasteiger partial charge in [0.15, 0.2) is 5.16 Å². The van der Waals surface area contributed by atoms with E-state index in [4.69, 9.17) is 5.11 Å². The molecule has 0 aliphatic carbocycles. The van der Waals surface area contributed by atoms with Gasteiger partial charge in [-0.1, -0.05) is 11.8 Å². The van der Waals surface area contributed by atoms with E-state index >= 15 is 0 Å². The standard InChI is InChI=1S/C9H15N3OS/c1-10-8(3-6-13)7-14-9-11-4-2-5-12-9/h2,4-5,8,10,13H,3,6-7H2,1H3. The maximum Gasteiger partial charge on any atom is 0.187 e. The summed E-state index contributed by atoms with van der Waals surface area (Å²) in [5.41, 5.74) is 0. The number of aliphatic hydroxyl groups is 1. The zero-order chi connectivity index (χ0) is 10.2. The minimum atomic E-state index is 0.210. The van der Waals surface area contributed by atoms with Crippen molar-refractivity contribution in [3.63, 3.8) is 0 Å². The van der Waals surface area contributed by atoms with Gasteiger partial charge in [0, 0.05) is 30.8 Å². The Morgan fingerprint density at radius 1 is 1.50 bits per heavy atom. The van der Waals surface area contributed by atoms with Crippen molar-refractivity contribution in [3.8, 4) is 0 Å². The van der Waals surface area contributed by atoms with Gasteiger partial charge in [0.2, 0.25) is 0 Å². The minimum absolute atomic E-state index is 0.210. The van der Waals surface area contributed by atoms with Crippen molar-refractivity contribution in [3.05, 3.63) is 18.5 Å². The van der Waals surface area contributed by atoms with E-state index in [1.807, 2.05) is 7.05 Å². The largest absolute Gasteiger partial charge is 0.396 e. The molecule has 5 heteroatoms. The molecule has 0 saturated carbocycles. The van der Waals surface area contributed by atoms with Crippen LogP contribution in [-0.4, -0.2) is 40.5 Å². The summed E-state index contributed by atoms with van der Waals surface area (Å²) in [6, 6.07) is 2.11. The molecule has 1 atom stereocenters. The third-order valence-corrected chi connectivity index (χ3v) is 2.88. The summed E-state index contributed by atoms with van der Waals surface area (Å²) in [4.78, 5) is 8.21. The average molecular weight is 213 g/mol. The summed E-state index contributed by atoms with van der Waals surface area (Å²) in [6.45, 7) is 0.210. The van der Waals surface area contributed by atoms with E-state index < -0.39 is 0 Å². The fourth-order valence-corrected chi connectivity index (χ4v) is 1.96. The molecule has 0 aliphatic rings. The number of thioether (sulfide) groups is 1. The SMILES string of the molecule is CNC(CCO)CSc1ncccn1. The monoisotopic (exact) mass is 213 g/mol. The Balaban J connectivity index is 2.32. The summed E-state index contributed by atoms with van der Waals surface area (Å²) in [5.74, 6) is 0.876. The highest BCUT2D eigenvalue weighted by Crippen LogP contribution is 2.13. The molecule has 0 saturated heterocycles. The van der Waals surface area contributed by atoms with Crippen molar-refractivity contribution in [2.45, 2.75) is 17.6 Å². The van der Waals surface area contributed by atoms with Gasteiger partial charge in [0.25, 0.3) is 0 Å². The molecular formula is C9H15N3OS. The molecule has 14 heavy (non-hydrogen) atoms. The lowest BCUT2D eigenvalue weighted by molar-refractivity contribution is 0.273. The summed E-state index contributed by atoms with van der Waals surface area (Å²) >= 11 is 1.60. The first-order valence-electron chi connectivity index (χ1n) is 4.54. The first-order chi connectivity index (χ1) is 6.86. The van der Waals surface area contributed by atoms with Crippen LogP contribution in [0.4, 0.5) is 0 Å². The van der Waals surface area contributed by atoms with Gasteiger partial charge in [-0.25, -0.2) is 9.97 Å². The lowest BCUT2D eigenvalue weighted by Gasteiger charge is -2.12. The second-order valence-corrected chi connectivity index (χ2v) is 3.83. The molecule has 1 rings (SSSR count). The van der Waals surface area contributed by atoms with Gasteiger partial charge in [-0.3, -0.25) is 0 Å². The highest BCUT2D eigenvalue weighted by molar-refractivity contribution is 7.99. The number of aliphatic hydroxyl groups excluding tert-OH is 1. The highest BCUT2D eigenvalue weighted by Gasteiger charge is 2.06. The summed E-state index contributed by atoms with van der Waals surface area (Å²) in [5, 5.41) is 12.7. The maximum absolute atomic E-state index is 8.78. The molecule has 0 spiro atoms. The number of nitrogens with zero attached hydrogens (tertiary/aromatic N) is 2. The molecule has 1 aromatic heterocycles. The fraction of sp³-hybridized carbons (Fsp3) is 0.556. The minimum Gasteiger partial charge on any atom is -0.396 e. The van der Waals surface area contributed by atoms with E-state index in [0.717, 1.165) is 17.3 Å². The first kappa shape index (κ1) is 11.4. The van der Waals surface area contributed by atoms with Crippen molar-refractivity contribution in [2.75, 3.05) is 19.4 Å². The van der Waals surface area contributed by atoms with Crippen molar-refractivity contribution in [1.82, 2.24) is 15.3 Å². The van der Waals surface area contributed by atoms with Crippen molar-refractivity contribution in [1.29, 1.82) is 0 Å². The molecule has 0 fully saturated rings. The Labute approximate surface area is 88.2 Å². The smallest absolute Gasteiger partial charge is 0.187 e. The number of nitrogens with one attached hydrogen (secondary N) is 1. The Hall–Kier alpha value is -0.650. The van der Waals surface area contributed by atoms with Gasteiger partial charge in [0.1, 0.15) is 0 Å². The van der Waals surface area contributed by atoms with Crippen LogP contribution in [0.3, 0.4) is 0 Å². The second kappa shape index (κ2) is 6.75. The van der Waals surface area contributed by atoms with Crippen molar-refractivity contribution < 1.29 is 5.11 Å². The third-order valence-electron chi connectivity index (χ3n) is 1.84. The third kappa shape index (κ3) is 4.04. The van der Waals surface area contributed by atoms with Gasteiger partial charge in [-0.2, -0.15) is 0 Å². The van der Waals surface area contributed by atoms with E-state index in [2.05, 4.69) is 15.3 Å². The molecule has 2 N–H and O–H groups in total. The number of rotatable bonds is 6. The molecule has 0 aliphatic heterocycles. The molecule has 1 aromatic rings. The van der Waals surface area contributed by atoms with Crippen LogP contribution in [0.5, 0.6) is 0 Å². The molecule has 1 unspecified atom stereocenters. The molecule has 4 nitrogen and oxygen atoms in total. The molecule has 0 radical (unpaired) electrons. The van der Waals surface area contributed by atoms with Crippen LogP contribution in [0.1, 0.15) is 6.42 Å². The molecule has 1 heterocycles. The zero-order valence-corrected chi connectivity index (χ0v) is 9.00. The van der Waals surface area contributed by atoms with Gasteiger partial charge < -0.3 is 10.4 Å². The quantitative estimate of drug-likeness (QED) is 0.533. The van der Waals surface area contributed by atoms with E-state index in [9.17, 15) is 0 Å². The van der Waals surface area contributed by atoms with Crippen LogP contribution >= 0.6 is 11.8 Å². The number of hydrogen-bond donors (Lipinski definition) is 2. The Morgan fingerprint density at radius 2 is 2.21 bits per heavy atom. The second-order valence-electron chi connectivity index (χ2n) is 2.84. The Morgan fingerprint density at radius 3 is 2.79 bits per heavy atom. The molecule has 0 amide bonds. The fourth-order valence-electron chi connectivity index (χ4n) is 1.00. The number of hydrogen-bond acceptors (Lipinski definition) is 5. The Bertz CT molecular complexity index is 245. The van der Waals surface area contributed by atoms with Crippen LogP contribution < -0.4 is 5.32 Å². The molecular weight excluding hydrogens is 198 g/mol. The maximum atomic E-state index is 8.78. The van der Waals surface area contributed by atoms with E-state index in [1.165, 1.54) is 0 Å².